The SMILES string of the molecule is CS(=O)(=O)N1CCC(C2CCNC2)CC1.Cl. The van der Waals surface area contributed by atoms with E-state index < -0.39 is 10.0 Å². The summed E-state index contributed by atoms with van der Waals surface area (Å²) in [7, 11) is -2.96. The number of halogens is 1. The summed E-state index contributed by atoms with van der Waals surface area (Å²) in [5, 5.41) is 3.38. The van der Waals surface area contributed by atoms with Crippen molar-refractivity contribution in [3.63, 3.8) is 0 Å². The average molecular weight is 269 g/mol. The third-order valence-electron chi connectivity index (χ3n) is 3.73. The monoisotopic (exact) mass is 268 g/mol. The van der Waals surface area contributed by atoms with Crippen LogP contribution in [0.1, 0.15) is 19.3 Å². The van der Waals surface area contributed by atoms with Gasteiger partial charge in [-0.2, -0.15) is 0 Å². The lowest BCUT2D eigenvalue weighted by Gasteiger charge is -2.33. The minimum atomic E-state index is -2.96. The van der Waals surface area contributed by atoms with Gasteiger partial charge < -0.3 is 5.32 Å². The zero-order valence-electron chi connectivity index (χ0n) is 9.68. The second kappa shape index (κ2) is 5.67. The molecular weight excluding hydrogens is 248 g/mol. The van der Waals surface area contributed by atoms with Crippen LogP contribution >= 0.6 is 12.4 Å². The Labute approximate surface area is 104 Å². The third-order valence-corrected chi connectivity index (χ3v) is 5.04. The number of hydrogen-bond donors (Lipinski definition) is 1. The van der Waals surface area contributed by atoms with Gasteiger partial charge in [0.05, 0.1) is 6.26 Å². The molecule has 0 saturated carbocycles. The minimum absolute atomic E-state index is 0. The van der Waals surface area contributed by atoms with Crippen LogP contribution in [0.5, 0.6) is 0 Å². The Morgan fingerprint density at radius 2 is 1.75 bits per heavy atom. The number of nitrogens with zero attached hydrogens (tertiary/aromatic N) is 1. The molecule has 2 saturated heterocycles. The second-order valence-electron chi connectivity index (χ2n) is 4.75. The molecule has 2 aliphatic heterocycles. The van der Waals surface area contributed by atoms with Gasteiger partial charge in [0.15, 0.2) is 0 Å². The molecule has 0 aromatic rings. The van der Waals surface area contributed by atoms with E-state index in [9.17, 15) is 8.42 Å². The molecule has 2 rings (SSSR count). The van der Waals surface area contributed by atoms with Crippen LogP contribution in [0, 0.1) is 11.8 Å². The summed E-state index contributed by atoms with van der Waals surface area (Å²) < 4.78 is 24.3. The predicted molar refractivity (Wildman–Crippen MR) is 67.4 cm³/mol. The highest BCUT2D eigenvalue weighted by Crippen LogP contribution is 2.29. The summed E-state index contributed by atoms with van der Waals surface area (Å²) >= 11 is 0. The van der Waals surface area contributed by atoms with Crippen molar-refractivity contribution in [2.45, 2.75) is 19.3 Å². The van der Waals surface area contributed by atoms with Crippen LogP contribution in [0.3, 0.4) is 0 Å². The molecule has 2 aliphatic rings. The van der Waals surface area contributed by atoms with Gasteiger partial charge in [0.25, 0.3) is 0 Å². The van der Waals surface area contributed by atoms with E-state index >= 15 is 0 Å². The number of rotatable bonds is 2. The van der Waals surface area contributed by atoms with Crippen molar-refractivity contribution in [2.75, 3.05) is 32.4 Å². The summed E-state index contributed by atoms with van der Waals surface area (Å²) in [6.45, 7) is 3.71. The molecule has 0 bridgehead atoms. The zero-order valence-corrected chi connectivity index (χ0v) is 11.3. The maximum atomic E-state index is 11.3. The lowest BCUT2D eigenvalue weighted by Crippen LogP contribution is -2.39. The highest BCUT2D eigenvalue weighted by molar-refractivity contribution is 7.88. The summed E-state index contributed by atoms with van der Waals surface area (Å²) in [6, 6.07) is 0. The lowest BCUT2D eigenvalue weighted by atomic mass is 9.84. The summed E-state index contributed by atoms with van der Waals surface area (Å²) in [5.41, 5.74) is 0. The molecule has 2 heterocycles. The first kappa shape index (κ1) is 14.2. The molecule has 0 amide bonds. The van der Waals surface area contributed by atoms with E-state index in [0.717, 1.165) is 50.9 Å². The van der Waals surface area contributed by atoms with Gasteiger partial charge in [0.2, 0.25) is 10.0 Å². The Morgan fingerprint density at radius 3 is 2.19 bits per heavy atom. The van der Waals surface area contributed by atoms with Crippen molar-refractivity contribution in [1.82, 2.24) is 9.62 Å². The van der Waals surface area contributed by atoms with Gasteiger partial charge in [0, 0.05) is 13.1 Å². The number of piperidine rings is 1. The van der Waals surface area contributed by atoms with E-state index in [1.165, 1.54) is 12.7 Å². The van der Waals surface area contributed by atoms with Gasteiger partial charge in [-0.25, -0.2) is 12.7 Å². The Morgan fingerprint density at radius 1 is 1.12 bits per heavy atom. The number of nitrogens with one attached hydrogen (secondary N) is 1. The number of sulfonamides is 1. The molecule has 6 heteroatoms. The Kier molecular flexibility index (Phi) is 5.04. The molecule has 1 N–H and O–H groups in total. The van der Waals surface area contributed by atoms with E-state index in [0.29, 0.717) is 0 Å². The van der Waals surface area contributed by atoms with Crippen molar-refractivity contribution in [2.24, 2.45) is 11.8 Å². The van der Waals surface area contributed by atoms with Crippen molar-refractivity contribution in [1.29, 1.82) is 0 Å². The van der Waals surface area contributed by atoms with Crippen LogP contribution in [-0.2, 0) is 10.0 Å². The predicted octanol–water partition coefficient (Wildman–Crippen LogP) is 0.689. The third kappa shape index (κ3) is 3.32. The van der Waals surface area contributed by atoms with Gasteiger partial charge in [-0.3, -0.25) is 0 Å². The summed E-state index contributed by atoms with van der Waals surface area (Å²) in [5.74, 6) is 1.52. The lowest BCUT2D eigenvalue weighted by molar-refractivity contribution is 0.217. The molecule has 2 fully saturated rings. The Balaban J connectivity index is 0.00000128. The van der Waals surface area contributed by atoms with E-state index in [1.54, 1.807) is 4.31 Å². The van der Waals surface area contributed by atoms with Crippen molar-refractivity contribution in [3.8, 4) is 0 Å². The van der Waals surface area contributed by atoms with Gasteiger partial charge in [0.1, 0.15) is 0 Å². The molecule has 0 aliphatic carbocycles. The van der Waals surface area contributed by atoms with Gasteiger partial charge in [-0.15, -0.1) is 12.4 Å². The van der Waals surface area contributed by atoms with E-state index in [4.69, 9.17) is 0 Å². The van der Waals surface area contributed by atoms with Crippen LogP contribution < -0.4 is 5.32 Å². The van der Waals surface area contributed by atoms with Crippen LogP contribution in [-0.4, -0.2) is 45.2 Å². The van der Waals surface area contributed by atoms with Crippen molar-refractivity contribution >= 4 is 22.4 Å². The largest absolute Gasteiger partial charge is 0.316 e. The first-order chi connectivity index (χ1) is 7.07. The second-order valence-corrected chi connectivity index (χ2v) is 6.73. The Bertz CT molecular complexity index is 307. The standard InChI is InChI=1S/C10H20N2O2S.ClH/c1-15(13,14)12-6-3-9(4-7-12)10-2-5-11-8-10;/h9-11H,2-8H2,1H3;1H. The fourth-order valence-corrected chi connectivity index (χ4v) is 3.63. The van der Waals surface area contributed by atoms with E-state index in [-0.39, 0.29) is 12.4 Å². The zero-order chi connectivity index (χ0) is 10.9. The quantitative estimate of drug-likeness (QED) is 0.802. The maximum absolute atomic E-state index is 11.3. The van der Waals surface area contributed by atoms with Crippen molar-refractivity contribution in [3.05, 3.63) is 0 Å². The van der Waals surface area contributed by atoms with Gasteiger partial charge in [-0.1, -0.05) is 0 Å². The Hall–Kier alpha value is 0.160. The summed E-state index contributed by atoms with van der Waals surface area (Å²) in [6.07, 6.45) is 4.66. The highest BCUT2D eigenvalue weighted by atomic mass is 35.5. The van der Waals surface area contributed by atoms with Crippen molar-refractivity contribution < 1.29 is 8.42 Å². The molecular formula is C10H21ClN2O2S. The maximum Gasteiger partial charge on any atom is 0.211 e. The topological polar surface area (TPSA) is 49.4 Å². The van der Waals surface area contributed by atoms with E-state index in [2.05, 4.69) is 5.32 Å². The average Bonchev–Trinajstić information content (AvgIpc) is 2.69. The molecule has 0 aromatic heterocycles. The first-order valence-corrected chi connectivity index (χ1v) is 7.58. The fourth-order valence-electron chi connectivity index (χ4n) is 2.76. The van der Waals surface area contributed by atoms with Crippen LogP contribution in [0.25, 0.3) is 0 Å². The van der Waals surface area contributed by atoms with Crippen LogP contribution in [0.15, 0.2) is 0 Å². The van der Waals surface area contributed by atoms with Gasteiger partial charge >= 0.3 is 0 Å². The summed E-state index contributed by atoms with van der Waals surface area (Å²) in [4.78, 5) is 0. The fraction of sp³-hybridized carbons (Fsp3) is 1.00. The highest BCUT2D eigenvalue weighted by Gasteiger charge is 2.30. The molecule has 1 atom stereocenters. The smallest absolute Gasteiger partial charge is 0.211 e. The molecule has 0 spiro atoms. The molecule has 4 nitrogen and oxygen atoms in total. The first-order valence-electron chi connectivity index (χ1n) is 5.73. The minimum Gasteiger partial charge on any atom is -0.316 e. The normalized spacial score (nSPS) is 28.9. The molecule has 1 unspecified atom stereocenters. The van der Waals surface area contributed by atoms with Gasteiger partial charge in [-0.05, 0) is 44.2 Å². The van der Waals surface area contributed by atoms with Crippen LogP contribution in [0.4, 0.5) is 0 Å². The molecule has 16 heavy (non-hydrogen) atoms. The molecule has 96 valence electrons. The molecule has 0 radical (unpaired) electrons. The number of hydrogen-bond acceptors (Lipinski definition) is 3. The molecule has 0 aromatic carbocycles. The van der Waals surface area contributed by atoms with Crippen LogP contribution in [0.2, 0.25) is 0 Å². The van der Waals surface area contributed by atoms with E-state index in [1.807, 2.05) is 0 Å².